The number of hydrogen-bond acceptors (Lipinski definition) is 6. The molecule has 0 atom stereocenters. The molecule has 0 fully saturated rings. The van der Waals surface area contributed by atoms with Crippen molar-refractivity contribution < 1.29 is 21.6 Å². The quantitative estimate of drug-likeness (QED) is 0.539. The van der Waals surface area contributed by atoms with E-state index in [-0.39, 0.29) is 22.0 Å². The van der Waals surface area contributed by atoms with E-state index in [1.165, 1.54) is 19.2 Å². The van der Waals surface area contributed by atoms with Crippen molar-refractivity contribution in [3.63, 3.8) is 0 Å². The maximum Gasteiger partial charge on any atom is 0.242 e. The van der Waals surface area contributed by atoms with E-state index in [0.717, 1.165) is 12.3 Å². The second kappa shape index (κ2) is 6.53. The van der Waals surface area contributed by atoms with Gasteiger partial charge in [-0.25, -0.2) is 21.6 Å². The number of rotatable bonds is 7. The second-order valence-electron chi connectivity index (χ2n) is 4.22. The number of hydrogen-bond donors (Lipinski definition) is 2. The van der Waals surface area contributed by atoms with Gasteiger partial charge >= 0.3 is 0 Å². The fourth-order valence-electron chi connectivity index (χ4n) is 1.48. The number of nitrogen functional groups attached to an aromatic ring is 1. The maximum absolute atomic E-state index is 12.1. The van der Waals surface area contributed by atoms with Crippen LogP contribution in [0.2, 0.25) is 0 Å². The van der Waals surface area contributed by atoms with Crippen molar-refractivity contribution in [1.29, 1.82) is 0 Å². The van der Waals surface area contributed by atoms with E-state index in [0.29, 0.717) is 13.0 Å². The highest BCUT2D eigenvalue weighted by Gasteiger charge is 2.20. The highest BCUT2D eigenvalue weighted by atomic mass is 32.2. The Balaban J connectivity index is 3.05. The van der Waals surface area contributed by atoms with Gasteiger partial charge in [-0.15, -0.1) is 0 Å². The predicted octanol–water partition coefficient (Wildman–Crippen LogP) is -0.0129. The van der Waals surface area contributed by atoms with Crippen LogP contribution < -0.4 is 10.5 Å². The molecule has 9 heteroatoms. The first-order chi connectivity index (χ1) is 9.18. The zero-order valence-corrected chi connectivity index (χ0v) is 12.9. The molecule has 0 aliphatic rings. The van der Waals surface area contributed by atoms with Gasteiger partial charge in [-0.05, 0) is 24.6 Å². The summed E-state index contributed by atoms with van der Waals surface area (Å²) in [5.41, 5.74) is 5.61. The Morgan fingerprint density at radius 1 is 1.25 bits per heavy atom. The summed E-state index contributed by atoms with van der Waals surface area (Å²) in [5, 5.41) is 0. The smallest absolute Gasteiger partial charge is 0.242 e. The summed E-state index contributed by atoms with van der Waals surface area (Å²) in [6, 6.07) is 3.60. The summed E-state index contributed by atoms with van der Waals surface area (Å²) in [4.78, 5) is -0.332. The molecule has 0 saturated carbocycles. The van der Waals surface area contributed by atoms with Crippen molar-refractivity contribution in [1.82, 2.24) is 4.72 Å². The van der Waals surface area contributed by atoms with E-state index in [9.17, 15) is 16.8 Å². The first kappa shape index (κ1) is 16.9. The van der Waals surface area contributed by atoms with Crippen LogP contribution in [-0.2, 0) is 24.6 Å². The number of nitrogens with one attached hydrogen (secondary N) is 1. The Morgan fingerprint density at radius 2 is 1.90 bits per heavy atom. The first-order valence-electron chi connectivity index (χ1n) is 5.76. The van der Waals surface area contributed by atoms with E-state index in [1.807, 2.05) is 0 Å². The van der Waals surface area contributed by atoms with Gasteiger partial charge in [0.05, 0.1) is 10.6 Å². The van der Waals surface area contributed by atoms with E-state index in [4.69, 9.17) is 10.5 Å². The molecule has 0 bridgehead atoms. The summed E-state index contributed by atoms with van der Waals surface area (Å²) in [6.07, 6.45) is 1.50. The van der Waals surface area contributed by atoms with Crippen molar-refractivity contribution >= 4 is 25.5 Å². The molecule has 3 N–H and O–H groups in total. The molecule has 1 aromatic rings. The van der Waals surface area contributed by atoms with Crippen LogP contribution in [0.15, 0.2) is 28.0 Å². The van der Waals surface area contributed by atoms with Crippen molar-refractivity contribution in [2.75, 3.05) is 32.3 Å². The molecular weight excluding hydrogens is 304 g/mol. The summed E-state index contributed by atoms with van der Waals surface area (Å²) in [5.74, 6) is 0. The summed E-state index contributed by atoms with van der Waals surface area (Å²) in [7, 11) is -5.83. The highest BCUT2D eigenvalue weighted by molar-refractivity contribution is 7.91. The molecule has 7 nitrogen and oxygen atoms in total. The Bertz CT molecular complexity index is 668. The number of nitrogens with two attached hydrogens (primary N) is 1. The average molecular weight is 322 g/mol. The lowest BCUT2D eigenvalue weighted by molar-refractivity contribution is 0.196. The number of anilines is 1. The highest BCUT2D eigenvalue weighted by Crippen LogP contribution is 2.22. The summed E-state index contributed by atoms with van der Waals surface area (Å²) < 4.78 is 54.2. The van der Waals surface area contributed by atoms with Gasteiger partial charge in [-0.3, -0.25) is 0 Å². The molecule has 0 heterocycles. The Kier molecular flexibility index (Phi) is 5.51. The lowest BCUT2D eigenvalue weighted by Crippen LogP contribution is -2.26. The van der Waals surface area contributed by atoms with Crippen molar-refractivity contribution in [2.45, 2.75) is 16.2 Å². The predicted molar refractivity (Wildman–Crippen MR) is 75.6 cm³/mol. The van der Waals surface area contributed by atoms with Crippen molar-refractivity contribution in [3.05, 3.63) is 18.2 Å². The number of ether oxygens (including phenoxy) is 1. The molecule has 0 unspecified atom stereocenters. The summed E-state index contributed by atoms with van der Waals surface area (Å²) in [6.45, 7) is 0.597. The average Bonchev–Trinajstić information content (AvgIpc) is 2.33. The second-order valence-corrected chi connectivity index (χ2v) is 7.97. The molecule has 1 rings (SSSR count). The van der Waals surface area contributed by atoms with Gasteiger partial charge in [0.25, 0.3) is 0 Å². The maximum atomic E-state index is 12.1. The molecule has 0 amide bonds. The fourth-order valence-corrected chi connectivity index (χ4v) is 3.43. The van der Waals surface area contributed by atoms with Gasteiger partial charge in [-0.1, -0.05) is 0 Å². The van der Waals surface area contributed by atoms with E-state index < -0.39 is 19.9 Å². The lowest BCUT2D eigenvalue weighted by atomic mass is 10.3. The molecule has 0 radical (unpaired) electrons. The van der Waals surface area contributed by atoms with Gasteiger partial charge in [0.15, 0.2) is 9.84 Å². The van der Waals surface area contributed by atoms with Crippen molar-refractivity contribution in [2.24, 2.45) is 0 Å². The first-order valence-corrected chi connectivity index (χ1v) is 9.14. The molecule has 0 aliphatic carbocycles. The van der Waals surface area contributed by atoms with Gasteiger partial charge in [0.2, 0.25) is 10.0 Å². The minimum atomic E-state index is -3.85. The molecule has 1 aromatic carbocycles. The zero-order chi connectivity index (χ0) is 15.4. The molecule has 20 heavy (non-hydrogen) atoms. The lowest BCUT2D eigenvalue weighted by Gasteiger charge is -2.10. The largest absolute Gasteiger partial charge is 0.398 e. The Hall–Kier alpha value is -1.16. The number of sulfonamides is 1. The zero-order valence-electron chi connectivity index (χ0n) is 11.3. The molecule has 0 aromatic heterocycles. The van der Waals surface area contributed by atoms with Gasteiger partial charge in [-0.2, -0.15) is 0 Å². The van der Waals surface area contributed by atoms with Gasteiger partial charge < -0.3 is 10.5 Å². The third kappa shape index (κ3) is 4.44. The van der Waals surface area contributed by atoms with Crippen LogP contribution in [0.4, 0.5) is 5.69 Å². The van der Waals surface area contributed by atoms with E-state index in [1.54, 1.807) is 0 Å². The minimum absolute atomic E-state index is 0.00311. The fraction of sp³-hybridized carbons (Fsp3) is 0.455. The topological polar surface area (TPSA) is 116 Å². The third-order valence-electron chi connectivity index (χ3n) is 2.52. The van der Waals surface area contributed by atoms with Crippen LogP contribution in [0.1, 0.15) is 6.42 Å². The summed E-state index contributed by atoms with van der Waals surface area (Å²) >= 11 is 0. The van der Waals surface area contributed by atoms with E-state index in [2.05, 4.69) is 4.72 Å². The van der Waals surface area contributed by atoms with Crippen LogP contribution in [-0.4, -0.2) is 43.4 Å². The van der Waals surface area contributed by atoms with Gasteiger partial charge in [0.1, 0.15) is 4.90 Å². The number of benzene rings is 1. The standard InChI is InChI=1S/C11H18N2O5S2/c1-18-7-3-6-13-20(16,17)11-8-9(19(2,14)15)4-5-10(11)12/h4-5,8,13H,3,6-7,12H2,1-2H3. The van der Waals surface area contributed by atoms with Crippen LogP contribution >= 0.6 is 0 Å². The van der Waals surface area contributed by atoms with Crippen LogP contribution in [0.5, 0.6) is 0 Å². The van der Waals surface area contributed by atoms with E-state index >= 15 is 0 Å². The Labute approximate surface area is 119 Å². The molecule has 0 saturated heterocycles. The van der Waals surface area contributed by atoms with Crippen molar-refractivity contribution in [3.8, 4) is 0 Å². The molecule has 114 valence electrons. The van der Waals surface area contributed by atoms with Crippen LogP contribution in [0, 0.1) is 0 Å². The monoisotopic (exact) mass is 322 g/mol. The SMILES string of the molecule is COCCCNS(=O)(=O)c1cc(S(C)(=O)=O)ccc1N. The number of methoxy groups -OCH3 is 1. The number of sulfone groups is 1. The van der Waals surface area contributed by atoms with Crippen LogP contribution in [0.25, 0.3) is 0 Å². The molecule has 0 spiro atoms. The molecule has 0 aliphatic heterocycles. The van der Waals surface area contributed by atoms with Gasteiger partial charge in [0, 0.05) is 26.5 Å². The normalized spacial score (nSPS) is 12.5. The van der Waals surface area contributed by atoms with Crippen LogP contribution in [0.3, 0.4) is 0 Å². The Morgan fingerprint density at radius 3 is 2.45 bits per heavy atom. The third-order valence-corrected chi connectivity index (χ3v) is 5.15. The molecular formula is C11H18N2O5S2. The minimum Gasteiger partial charge on any atom is -0.398 e.